The van der Waals surface area contributed by atoms with Crippen LogP contribution in [-0.4, -0.2) is 28.9 Å². The Morgan fingerprint density at radius 1 is 1.20 bits per heavy atom. The Hall–Kier alpha value is -1.71. The fraction of sp³-hybridized carbons (Fsp3) is 0.562. The number of carbonyl (C=O) groups is 1. The van der Waals surface area contributed by atoms with Crippen LogP contribution in [0.5, 0.6) is 5.75 Å². The zero-order chi connectivity index (χ0) is 14.3. The Kier molecular flexibility index (Phi) is 3.11. The maximum Gasteiger partial charge on any atom is 0.413 e. The average molecular weight is 275 g/mol. The lowest BCUT2D eigenvalue weighted by Gasteiger charge is -2.30. The molecule has 0 aromatic heterocycles. The van der Waals surface area contributed by atoms with E-state index < -0.39 is 5.60 Å². The van der Waals surface area contributed by atoms with Crippen LogP contribution in [0.25, 0.3) is 0 Å². The van der Waals surface area contributed by atoms with Crippen molar-refractivity contribution in [2.45, 2.75) is 51.5 Å². The van der Waals surface area contributed by atoms with E-state index in [2.05, 4.69) is 0 Å². The molecule has 1 amide bonds. The smallest absolute Gasteiger partial charge is 0.413 e. The molecular weight excluding hydrogens is 254 g/mol. The standard InChI is InChI=1S/C16H21NO3/c1-16(2,3)20-15(18)17-13-9-11(13)10-14(17)19-12-7-5-4-6-8-12/h4-8,11,13-14H,9-10H2,1-3H3/t11?,13-,14?/m1/s1. The minimum Gasteiger partial charge on any atom is -0.470 e. The van der Waals surface area contributed by atoms with Gasteiger partial charge in [0.2, 0.25) is 0 Å². The van der Waals surface area contributed by atoms with Crippen LogP contribution in [0.15, 0.2) is 30.3 Å². The molecule has 4 heteroatoms. The molecule has 0 spiro atoms. The molecule has 1 aliphatic heterocycles. The van der Waals surface area contributed by atoms with Crippen molar-refractivity contribution in [1.82, 2.24) is 4.90 Å². The molecule has 4 nitrogen and oxygen atoms in total. The summed E-state index contributed by atoms with van der Waals surface area (Å²) in [5.41, 5.74) is -0.471. The quantitative estimate of drug-likeness (QED) is 0.830. The van der Waals surface area contributed by atoms with E-state index in [0.717, 1.165) is 18.6 Å². The summed E-state index contributed by atoms with van der Waals surface area (Å²) < 4.78 is 11.4. The maximum atomic E-state index is 12.3. The molecule has 2 fully saturated rings. The summed E-state index contributed by atoms with van der Waals surface area (Å²) in [4.78, 5) is 14.1. The molecule has 108 valence electrons. The number of hydrogen-bond acceptors (Lipinski definition) is 3. The van der Waals surface area contributed by atoms with E-state index in [1.807, 2.05) is 51.1 Å². The van der Waals surface area contributed by atoms with Crippen molar-refractivity contribution in [3.63, 3.8) is 0 Å². The Bertz CT molecular complexity index is 494. The summed E-state index contributed by atoms with van der Waals surface area (Å²) >= 11 is 0. The molecule has 0 bridgehead atoms. The zero-order valence-electron chi connectivity index (χ0n) is 12.2. The fourth-order valence-corrected chi connectivity index (χ4v) is 2.74. The van der Waals surface area contributed by atoms with Crippen LogP contribution in [0.4, 0.5) is 4.79 Å². The lowest BCUT2D eigenvalue weighted by Crippen LogP contribution is -2.44. The predicted molar refractivity (Wildman–Crippen MR) is 75.4 cm³/mol. The molecule has 1 saturated heterocycles. The van der Waals surface area contributed by atoms with E-state index in [1.54, 1.807) is 4.90 Å². The molecule has 0 radical (unpaired) electrons. The molecule has 3 rings (SSSR count). The van der Waals surface area contributed by atoms with E-state index in [1.165, 1.54) is 0 Å². The van der Waals surface area contributed by atoms with Gasteiger partial charge in [0.15, 0.2) is 6.23 Å². The van der Waals surface area contributed by atoms with Gasteiger partial charge in [0.25, 0.3) is 0 Å². The molecule has 1 saturated carbocycles. The molecule has 1 aliphatic carbocycles. The number of nitrogens with zero attached hydrogens (tertiary/aromatic N) is 1. The molecule has 3 atom stereocenters. The minimum atomic E-state index is -0.471. The first-order chi connectivity index (χ1) is 9.44. The van der Waals surface area contributed by atoms with Gasteiger partial charge in [-0.1, -0.05) is 18.2 Å². The third-order valence-electron chi connectivity index (χ3n) is 3.68. The van der Waals surface area contributed by atoms with Crippen LogP contribution in [-0.2, 0) is 4.74 Å². The second kappa shape index (κ2) is 4.69. The lowest BCUT2D eigenvalue weighted by molar-refractivity contribution is -0.0135. The third kappa shape index (κ3) is 2.74. The first-order valence-corrected chi connectivity index (χ1v) is 7.17. The number of likely N-dealkylation sites (tertiary alicyclic amines) is 1. The van der Waals surface area contributed by atoms with Crippen molar-refractivity contribution in [1.29, 1.82) is 0 Å². The molecule has 1 heterocycles. The summed E-state index contributed by atoms with van der Waals surface area (Å²) in [6.45, 7) is 5.66. The molecule has 1 aromatic carbocycles. The monoisotopic (exact) mass is 275 g/mol. The van der Waals surface area contributed by atoms with Gasteiger partial charge >= 0.3 is 6.09 Å². The second-order valence-electron chi connectivity index (χ2n) is 6.57. The summed E-state index contributed by atoms with van der Waals surface area (Å²) in [6.07, 6.45) is 1.52. The SMILES string of the molecule is CC(C)(C)OC(=O)N1C(Oc2ccccc2)CC2C[C@H]21. The van der Waals surface area contributed by atoms with Gasteiger partial charge in [0, 0.05) is 12.5 Å². The lowest BCUT2D eigenvalue weighted by atomic mass is 10.2. The summed E-state index contributed by atoms with van der Waals surface area (Å²) in [7, 11) is 0. The molecule has 2 aliphatic rings. The van der Waals surface area contributed by atoms with Crippen LogP contribution in [0.1, 0.15) is 33.6 Å². The molecule has 2 unspecified atom stereocenters. The summed E-state index contributed by atoms with van der Waals surface area (Å²) in [5.74, 6) is 1.38. The van der Waals surface area contributed by atoms with E-state index in [4.69, 9.17) is 9.47 Å². The maximum absolute atomic E-state index is 12.3. The van der Waals surface area contributed by atoms with Gasteiger partial charge in [-0.2, -0.15) is 0 Å². The molecule has 0 N–H and O–H groups in total. The highest BCUT2D eigenvalue weighted by Crippen LogP contribution is 2.48. The normalized spacial score (nSPS) is 27.9. The van der Waals surface area contributed by atoms with Gasteiger partial charge in [-0.05, 0) is 45.2 Å². The van der Waals surface area contributed by atoms with Crippen LogP contribution >= 0.6 is 0 Å². The van der Waals surface area contributed by atoms with Crippen molar-refractivity contribution in [3.05, 3.63) is 30.3 Å². The van der Waals surface area contributed by atoms with E-state index >= 15 is 0 Å². The van der Waals surface area contributed by atoms with E-state index in [-0.39, 0.29) is 12.3 Å². The van der Waals surface area contributed by atoms with Crippen molar-refractivity contribution in [2.24, 2.45) is 5.92 Å². The van der Waals surface area contributed by atoms with Gasteiger partial charge < -0.3 is 9.47 Å². The molecule has 20 heavy (non-hydrogen) atoms. The van der Waals surface area contributed by atoms with Crippen molar-refractivity contribution < 1.29 is 14.3 Å². The first kappa shape index (κ1) is 13.3. The first-order valence-electron chi connectivity index (χ1n) is 7.17. The molecular formula is C16H21NO3. The van der Waals surface area contributed by atoms with Crippen LogP contribution < -0.4 is 4.74 Å². The number of para-hydroxylation sites is 1. The van der Waals surface area contributed by atoms with Crippen molar-refractivity contribution in [2.75, 3.05) is 0 Å². The van der Waals surface area contributed by atoms with Crippen molar-refractivity contribution >= 4 is 6.09 Å². The largest absolute Gasteiger partial charge is 0.470 e. The fourth-order valence-electron chi connectivity index (χ4n) is 2.74. The van der Waals surface area contributed by atoms with Gasteiger partial charge in [-0.3, -0.25) is 4.90 Å². The zero-order valence-corrected chi connectivity index (χ0v) is 12.2. The number of hydrogen-bond donors (Lipinski definition) is 0. The number of rotatable bonds is 2. The number of piperidine rings is 1. The van der Waals surface area contributed by atoms with Gasteiger partial charge in [0.1, 0.15) is 11.4 Å². The number of amides is 1. The van der Waals surface area contributed by atoms with Crippen molar-refractivity contribution in [3.8, 4) is 5.75 Å². The van der Waals surface area contributed by atoms with Crippen LogP contribution in [0.3, 0.4) is 0 Å². The highest BCUT2D eigenvalue weighted by molar-refractivity contribution is 5.70. The third-order valence-corrected chi connectivity index (χ3v) is 3.68. The highest BCUT2D eigenvalue weighted by atomic mass is 16.6. The highest BCUT2D eigenvalue weighted by Gasteiger charge is 2.56. The minimum absolute atomic E-state index is 0.198. The Morgan fingerprint density at radius 2 is 1.90 bits per heavy atom. The topological polar surface area (TPSA) is 38.8 Å². The van der Waals surface area contributed by atoms with Crippen LogP contribution in [0.2, 0.25) is 0 Å². The van der Waals surface area contributed by atoms with Crippen LogP contribution in [0, 0.1) is 5.92 Å². The number of ether oxygens (including phenoxy) is 2. The Labute approximate surface area is 119 Å². The van der Waals surface area contributed by atoms with E-state index in [9.17, 15) is 4.79 Å². The number of fused-ring (bicyclic) bond motifs is 1. The van der Waals surface area contributed by atoms with E-state index in [0.29, 0.717) is 12.0 Å². The summed E-state index contributed by atoms with van der Waals surface area (Å²) in [5, 5.41) is 0. The summed E-state index contributed by atoms with van der Waals surface area (Å²) in [6, 6.07) is 9.95. The number of benzene rings is 1. The second-order valence-corrected chi connectivity index (χ2v) is 6.57. The Balaban J connectivity index is 1.70. The number of carbonyl (C=O) groups excluding carboxylic acids is 1. The van der Waals surface area contributed by atoms with Gasteiger partial charge in [-0.15, -0.1) is 0 Å². The predicted octanol–water partition coefficient (Wildman–Crippen LogP) is 3.42. The van der Waals surface area contributed by atoms with Gasteiger partial charge in [0.05, 0.1) is 0 Å². The van der Waals surface area contributed by atoms with Gasteiger partial charge in [-0.25, -0.2) is 4.79 Å². The Morgan fingerprint density at radius 3 is 2.55 bits per heavy atom. The molecule has 1 aromatic rings. The average Bonchev–Trinajstić information content (AvgIpc) is 2.99.